The minimum atomic E-state index is -1.47. The van der Waals surface area contributed by atoms with Crippen LogP contribution in [0.25, 0.3) is 0 Å². The van der Waals surface area contributed by atoms with Crippen LogP contribution in [0.15, 0.2) is 24.3 Å². The third-order valence-electron chi connectivity index (χ3n) is 4.00. The van der Waals surface area contributed by atoms with Crippen LogP contribution in [0.2, 0.25) is 0 Å². The topological polar surface area (TPSA) is 20.3 Å². The Morgan fingerprint density at radius 2 is 1.80 bits per heavy atom. The highest BCUT2D eigenvalue weighted by molar-refractivity contribution is 5.80. The zero-order valence-corrected chi connectivity index (χ0v) is 10.8. The molecule has 20 heavy (non-hydrogen) atoms. The van der Waals surface area contributed by atoms with E-state index in [1.807, 2.05) is 12.2 Å². The van der Waals surface area contributed by atoms with Gasteiger partial charge in [0.2, 0.25) is 5.91 Å². The zero-order chi connectivity index (χ0) is 14.3. The number of halogens is 3. The molecule has 106 valence electrons. The predicted octanol–water partition coefficient (Wildman–Crippen LogP) is 3.49. The van der Waals surface area contributed by atoms with Crippen molar-refractivity contribution in [2.45, 2.75) is 37.8 Å². The first kappa shape index (κ1) is 13.2. The van der Waals surface area contributed by atoms with Crippen LogP contribution in [0.3, 0.4) is 0 Å². The van der Waals surface area contributed by atoms with Crippen LogP contribution >= 0.6 is 0 Å². The first-order valence-electron chi connectivity index (χ1n) is 6.70. The van der Waals surface area contributed by atoms with Gasteiger partial charge in [-0.2, -0.15) is 0 Å². The van der Waals surface area contributed by atoms with Gasteiger partial charge in [-0.15, -0.1) is 0 Å². The maximum atomic E-state index is 13.4. The molecule has 0 spiro atoms. The van der Waals surface area contributed by atoms with Crippen molar-refractivity contribution in [3.05, 3.63) is 47.3 Å². The van der Waals surface area contributed by atoms with Gasteiger partial charge in [-0.3, -0.25) is 4.79 Å². The average molecular weight is 281 g/mol. The first-order chi connectivity index (χ1) is 9.58. The summed E-state index contributed by atoms with van der Waals surface area (Å²) in [5, 5.41) is 0. The maximum absolute atomic E-state index is 13.4. The van der Waals surface area contributed by atoms with Crippen LogP contribution < -0.4 is 0 Å². The minimum absolute atomic E-state index is 0.0221. The molecule has 2 atom stereocenters. The molecule has 1 amide bonds. The van der Waals surface area contributed by atoms with Gasteiger partial charge in [0.1, 0.15) is 0 Å². The SMILES string of the molecule is O=C1CC=C[C@H]2CCC[C@@H](c3cc(F)c(F)c(F)c3)N12. The molecule has 2 aliphatic heterocycles. The van der Waals surface area contributed by atoms with E-state index in [1.165, 1.54) is 0 Å². The summed E-state index contributed by atoms with van der Waals surface area (Å²) >= 11 is 0. The van der Waals surface area contributed by atoms with E-state index in [2.05, 4.69) is 0 Å². The maximum Gasteiger partial charge on any atom is 0.227 e. The van der Waals surface area contributed by atoms with E-state index in [4.69, 9.17) is 0 Å². The van der Waals surface area contributed by atoms with Gasteiger partial charge in [-0.05, 0) is 37.0 Å². The van der Waals surface area contributed by atoms with Gasteiger partial charge in [0.25, 0.3) is 0 Å². The highest BCUT2D eigenvalue weighted by Gasteiger charge is 2.35. The highest BCUT2D eigenvalue weighted by atomic mass is 19.2. The largest absolute Gasteiger partial charge is 0.329 e. The Bertz CT molecular complexity index is 561. The van der Waals surface area contributed by atoms with Gasteiger partial charge in [-0.25, -0.2) is 13.2 Å². The highest BCUT2D eigenvalue weighted by Crippen LogP contribution is 2.37. The van der Waals surface area contributed by atoms with Crippen molar-refractivity contribution in [1.82, 2.24) is 4.90 Å². The molecule has 2 heterocycles. The lowest BCUT2D eigenvalue weighted by atomic mass is 9.88. The molecule has 2 aliphatic rings. The van der Waals surface area contributed by atoms with Crippen molar-refractivity contribution in [1.29, 1.82) is 0 Å². The molecule has 0 unspecified atom stereocenters. The van der Waals surface area contributed by atoms with Crippen LogP contribution in [0.1, 0.15) is 37.3 Å². The summed E-state index contributed by atoms with van der Waals surface area (Å²) in [7, 11) is 0. The van der Waals surface area contributed by atoms with Gasteiger partial charge in [0.15, 0.2) is 17.5 Å². The number of amides is 1. The predicted molar refractivity (Wildman–Crippen MR) is 67.3 cm³/mol. The quantitative estimate of drug-likeness (QED) is 0.570. The molecule has 1 saturated heterocycles. The lowest BCUT2D eigenvalue weighted by molar-refractivity contribution is -0.137. The van der Waals surface area contributed by atoms with Crippen molar-refractivity contribution in [2.75, 3.05) is 0 Å². The van der Waals surface area contributed by atoms with E-state index in [0.29, 0.717) is 18.4 Å². The van der Waals surface area contributed by atoms with Crippen molar-refractivity contribution >= 4 is 5.91 Å². The zero-order valence-electron chi connectivity index (χ0n) is 10.8. The molecule has 0 N–H and O–H groups in total. The summed E-state index contributed by atoms with van der Waals surface area (Å²) in [5.41, 5.74) is 0.328. The van der Waals surface area contributed by atoms with Gasteiger partial charge in [-0.1, -0.05) is 12.2 Å². The van der Waals surface area contributed by atoms with Crippen LogP contribution in [0.4, 0.5) is 13.2 Å². The number of benzene rings is 1. The second-order valence-electron chi connectivity index (χ2n) is 5.25. The lowest BCUT2D eigenvalue weighted by Crippen LogP contribution is -2.46. The summed E-state index contributed by atoms with van der Waals surface area (Å²) < 4.78 is 39.8. The Hall–Kier alpha value is -1.78. The van der Waals surface area contributed by atoms with E-state index in [1.54, 1.807) is 4.90 Å². The second kappa shape index (κ2) is 4.96. The van der Waals surface area contributed by atoms with Crippen molar-refractivity contribution in [2.24, 2.45) is 0 Å². The number of piperidine rings is 1. The number of hydrogen-bond acceptors (Lipinski definition) is 1. The smallest absolute Gasteiger partial charge is 0.227 e. The average Bonchev–Trinajstić information content (AvgIpc) is 2.44. The fourth-order valence-electron chi connectivity index (χ4n) is 3.10. The molecule has 1 aromatic carbocycles. The van der Waals surface area contributed by atoms with Crippen molar-refractivity contribution < 1.29 is 18.0 Å². The van der Waals surface area contributed by atoms with Crippen LogP contribution in [0.5, 0.6) is 0 Å². The summed E-state index contributed by atoms with van der Waals surface area (Å²) in [6.07, 6.45) is 6.45. The summed E-state index contributed by atoms with van der Waals surface area (Å²) in [4.78, 5) is 13.7. The summed E-state index contributed by atoms with van der Waals surface area (Å²) in [5.74, 6) is -3.93. The number of fused-ring (bicyclic) bond motifs is 1. The van der Waals surface area contributed by atoms with Crippen molar-refractivity contribution in [3.63, 3.8) is 0 Å². The van der Waals surface area contributed by atoms with Crippen molar-refractivity contribution in [3.8, 4) is 0 Å². The number of carbonyl (C=O) groups excluding carboxylic acids is 1. The molecule has 0 saturated carbocycles. The number of hydrogen-bond donors (Lipinski definition) is 0. The van der Waals surface area contributed by atoms with Crippen LogP contribution in [-0.2, 0) is 4.79 Å². The molecular weight excluding hydrogens is 267 g/mol. The Balaban J connectivity index is 2.00. The minimum Gasteiger partial charge on any atom is -0.329 e. The number of rotatable bonds is 1. The molecule has 0 aromatic heterocycles. The molecular formula is C15H14F3NO. The van der Waals surface area contributed by atoms with Crippen LogP contribution in [0, 0.1) is 17.5 Å². The number of carbonyl (C=O) groups is 1. The Morgan fingerprint density at radius 1 is 1.10 bits per heavy atom. The standard InChI is InChI=1S/C15H14F3NO/c16-11-7-9(8-12(17)15(11)18)13-5-1-3-10-4-2-6-14(20)19(10)13/h2,4,7-8,10,13H,1,3,5-6H2/t10-,13+/m1/s1. The van der Waals surface area contributed by atoms with E-state index < -0.39 is 17.5 Å². The van der Waals surface area contributed by atoms with Crippen LogP contribution in [-0.4, -0.2) is 16.8 Å². The molecule has 5 heteroatoms. The van der Waals surface area contributed by atoms with E-state index >= 15 is 0 Å². The molecule has 0 bridgehead atoms. The molecule has 2 nitrogen and oxygen atoms in total. The normalized spacial score (nSPS) is 25.8. The fourth-order valence-corrected chi connectivity index (χ4v) is 3.10. The van der Waals surface area contributed by atoms with Gasteiger partial charge in [0.05, 0.1) is 12.1 Å². The van der Waals surface area contributed by atoms with Gasteiger partial charge in [0, 0.05) is 6.42 Å². The number of nitrogens with zero attached hydrogens (tertiary/aromatic N) is 1. The lowest BCUT2D eigenvalue weighted by Gasteiger charge is -2.43. The Morgan fingerprint density at radius 3 is 2.50 bits per heavy atom. The third kappa shape index (κ3) is 2.11. The second-order valence-corrected chi connectivity index (χ2v) is 5.25. The monoisotopic (exact) mass is 281 g/mol. The first-order valence-corrected chi connectivity index (χ1v) is 6.70. The van der Waals surface area contributed by atoms with E-state index in [-0.39, 0.29) is 18.0 Å². The molecule has 0 aliphatic carbocycles. The van der Waals surface area contributed by atoms with Gasteiger partial charge >= 0.3 is 0 Å². The Labute approximate surface area is 114 Å². The van der Waals surface area contributed by atoms with Gasteiger partial charge < -0.3 is 4.90 Å². The molecule has 0 radical (unpaired) electrons. The fraction of sp³-hybridized carbons (Fsp3) is 0.400. The van der Waals surface area contributed by atoms with E-state index in [9.17, 15) is 18.0 Å². The molecule has 1 fully saturated rings. The Kier molecular flexibility index (Phi) is 3.28. The summed E-state index contributed by atoms with van der Waals surface area (Å²) in [6.45, 7) is 0. The summed E-state index contributed by atoms with van der Waals surface area (Å²) in [6, 6.07) is 1.59. The third-order valence-corrected chi connectivity index (χ3v) is 4.00. The van der Waals surface area contributed by atoms with E-state index in [0.717, 1.165) is 25.0 Å². The molecule has 1 aromatic rings. The molecule has 3 rings (SSSR count).